The first kappa shape index (κ1) is 49.8. The van der Waals surface area contributed by atoms with Gasteiger partial charge < -0.3 is 52.7 Å². The number of hydrogen-bond acceptors (Lipinski definition) is 15. The number of esters is 4. The largest absolute Gasteiger partial charge is 0.459 e. The SMILES string of the molecule is C=CCO[C@@H]1[C@@H](NC(C)=O)[C@@H](OC)O[C@H](COCc2ccccc2)[C@H]1O[C@@H]1O[C@H](COC(=O)c2ccccc2)[C@@H](OC(=O)c2ccccc2)[C@H](OC(=O)c2ccccc2)[C@H]1OC(=O)c1ccccc1. The number of hydrogen-bond donors (Lipinski definition) is 1. The maximum absolute atomic E-state index is 14.3. The molecule has 2 heterocycles. The number of amides is 1. The normalized spacial score (nSPS) is 24.2. The van der Waals surface area contributed by atoms with E-state index in [2.05, 4.69) is 11.9 Å². The third-order valence-corrected chi connectivity index (χ3v) is 11.1. The summed E-state index contributed by atoms with van der Waals surface area (Å²) in [7, 11) is 1.40. The third-order valence-electron chi connectivity index (χ3n) is 11.1. The van der Waals surface area contributed by atoms with Gasteiger partial charge in [-0.3, -0.25) is 4.79 Å². The molecule has 0 radical (unpaired) electrons. The molecule has 5 aromatic carbocycles. The fraction of sp³-hybridized carbons (Fsp3) is 0.302. The van der Waals surface area contributed by atoms with Crippen LogP contribution >= 0.6 is 0 Å². The highest BCUT2D eigenvalue weighted by Crippen LogP contribution is 2.36. The fourth-order valence-corrected chi connectivity index (χ4v) is 7.83. The molecule has 2 aliphatic rings. The minimum Gasteiger partial charge on any atom is -0.459 e. The Bertz CT molecular complexity index is 2440. The highest BCUT2D eigenvalue weighted by atomic mass is 16.8. The van der Waals surface area contributed by atoms with Crippen molar-refractivity contribution >= 4 is 29.8 Å². The van der Waals surface area contributed by atoms with E-state index < -0.39 is 97.7 Å². The van der Waals surface area contributed by atoms with Crippen LogP contribution in [0.25, 0.3) is 0 Å². The van der Waals surface area contributed by atoms with Gasteiger partial charge in [-0.05, 0) is 54.1 Å². The van der Waals surface area contributed by atoms with Crippen molar-refractivity contribution in [3.05, 3.63) is 192 Å². The summed E-state index contributed by atoms with van der Waals surface area (Å²) in [6, 6.07) is 40.5. The Hall–Kier alpha value is -7.05. The number of nitrogens with one attached hydrogen (secondary N) is 1. The van der Waals surface area contributed by atoms with Crippen LogP contribution in [0.4, 0.5) is 0 Å². The minimum atomic E-state index is -1.75. The van der Waals surface area contributed by atoms with E-state index in [0.717, 1.165) is 5.56 Å². The van der Waals surface area contributed by atoms with E-state index in [9.17, 15) is 24.0 Å². The van der Waals surface area contributed by atoms with Gasteiger partial charge in [0.2, 0.25) is 5.91 Å². The molecule has 0 aliphatic carbocycles. The number of methoxy groups -OCH3 is 1. The smallest absolute Gasteiger partial charge is 0.338 e. The topological polar surface area (TPSA) is 190 Å². The molecule has 2 aliphatic heterocycles. The Kier molecular flexibility index (Phi) is 17.9. The molecule has 16 nitrogen and oxygen atoms in total. The maximum Gasteiger partial charge on any atom is 0.338 e. The Labute approximate surface area is 399 Å². The molecule has 10 atom stereocenters. The maximum atomic E-state index is 14.3. The molecule has 1 amide bonds. The molecule has 0 saturated carbocycles. The van der Waals surface area contributed by atoms with E-state index in [-0.39, 0.29) is 42.1 Å². The molecule has 0 bridgehead atoms. The highest BCUT2D eigenvalue weighted by molar-refractivity contribution is 5.91. The second kappa shape index (κ2) is 24.8. The second-order valence-corrected chi connectivity index (χ2v) is 15.9. The van der Waals surface area contributed by atoms with E-state index >= 15 is 0 Å². The lowest BCUT2D eigenvalue weighted by molar-refractivity contribution is -0.348. The average molecular weight is 944 g/mol. The molecule has 1 N–H and O–H groups in total. The molecular weight excluding hydrogens is 891 g/mol. The lowest BCUT2D eigenvalue weighted by Crippen LogP contribution is -2.69. The summed E-state index contributed by atoms with van der Waals surface area (Å²) in [5.74, 6) is -3.85. The molecule has 0 unspecified atom stereocenters. The van der Waals surface area contributed by atoms with Gasteiger partial charge in [0.15, 0.2) is 30.9 Å². The van der Waals surface area contributed by atoms with E-state index in [4.69, 9.17) is 47.4 Å². The standard InChI is InChI=1S/C53H53NO15/c1-4-30-62-45-42(54-34(2)55)52(60-3)64-40(32-61-31-35-20-10-5-11-21-35)43(45)69-53-47(68-51(59)39-28-18-9-19-29-39)46(67-50(58)38-26-16-8-17-27-38)44(66-49(57)37-24-14-7-15-25-37)41(65-53)33-63-48(56)36-22-12-6-13-23-36/h4-29,40-47,52-53H,1,30-33H2,2-3H3,(H,54,55)/t40-,41-,42-,43-,44-,45-,46+,47-,52+,53+/m1/s1. The number of rotatable bonds is 20. The molecule has 360 valence electrons. The minimum absolute atomic E-state index is 0.0422. The van der Waals surface area contributed by atoms with Gasteiger partial charge in [-0.2, -0.15) is 0 Å². The van der Waals surface area contributed by atoms with Gasteiger partial charge in [0.25, 0.3) is 0 Å². The van der Waals surface area contributed by atoms with Crippen LogP contribution in [0, 0.1) is 0 Å². The van der Waals surface area contributed by atoms with Crippen molar-refractivity contribution in [2.24, 2.45) is 0 Å². The van der Waals surface area contributed by atoms with Gasteiger partial charge in [0, 0.05) is 14.0 Å². The van der Waals surface area contributed by atoms with Crippen molar-refractivity contribution in [3.63, 3.8) is 0 Å². The number of carbonyl (C=O) groups excluding carboxylic acids is 5. The summed E-state index contributed by atoms with van der Waals surface area (Å²) in [5.41, 5.74) is 1.40. The Morgan fingerprint density at radius 3 is 1.49 bits per heavy atom. The van der Waals surface area contributed by atoms with E-state index in [0.29, 0.717) is 0 Å². The number of carbonyl (C=O) groups is 5. The van der Waals surface area contributed by atoms with E-state index in [1.807, 2.05) is 30.3 Å². The van der Waals surface area contributed by atoms with Crippen LogP contribution in [-0.4, -0.2) is 118 Å². The second-order valence-electron chi connectivity index (χ2n) is 15.9. The van der Waals surface area contributed by atoms with Crippen molar-refractivity contribution in [2.75, 3.05) is 26.9 Å². The van der Waals surface area contributed by atoms with Crippen molar-refractivity contribution in [3.8, 4) is 0 Å². The molecule has 0 spiro atoms. The summed E-state index contributed by atoms with van der Waals surface area (Å²) in [5, 5.41) is 2.85. The molecule has 5 aromatic rings. The molecule has 7 rings (SSSR count). The first-order valence-corrected chi connectivity index (χ1v) is 22.2. The molecular formula is C53H53NO15. The van der Waals surface area contributed by atoms with Crippen LogP contribution in [0.1, 0.15) is 53.9 Å². The van der Waals surface area contributed by atoms with Crippen LogP contribution in [0.2, 0.25) is 0 Å². The molecule has 69 heavy (non-hydrogen) atoms. The van der Waals surface area contributed by atoms with Crippen LogP contribution in [0.15, 0.2) is 164 Å². The summed E-state index contributed by atoms with van der Waals surface area (Å²) in [4.78, 5) is 68.9. The Morgan fingerprint density at radius 2 is 1.00 bits per heavy atom. The van der Waals surface area contributed by atoms with E-state index in [1.54, 1.807) is 84.9 Å². The zero-order chi connectivity index (χ0) is 48.5. The average Bonchev–Trinajstić information content (AvgIpc) is 3.38. The number of ether oxygens (including phenoxy) is 10. The lowest BCUT2D eigenvalue weighted by atomic mass is 9.94. The van der Waals surface area contributed by atoms with Crippen molar-refractivity contribution in [1.82, 2.24) is 5.32 Å². The molecule has 16 heteroatoms. The van der Waals surface area contributed by atoms with Gasteiger partial charge in [0.1, 0.15) is 37.1 Å². The van der Waals surface area contributed by atoms with Crippen molar-refractivity contribution in [1.29, 1.82) is 0 Å². The number of benzene rings is 5. The Morgan fingerprint density at radius 1 is 0.551 bits per heavy atom. The highest BCUT2D eigenvalue weighted by Gasteiger charge is 2.57. The zero-order valence-corrected chi connectivity index (χ0v) is 37.9. The van der Waals surface area contributed by atoms with Crippen LogP contribution < -0.4 is 5.32 Å². The first-order valence-electron chi connectivity index (χ1n) is 22.2. The first-order chi connectivity index (χ1) is 33.6. The van der Waals surface area contributed by atoms with Gasteiger partial charge >= 0.3 is 23.9 Å². The van der Waals surface area contributed by atoms with Crippen LogP contribution in [-0.2, 0) is 58.8 Å². The van der Waals surface area contributed by atoms with Gasteiger partial charge in [-0.1, -0.05) is 109 Å². The molecule has 0 aromatic heterocycles. The lowest BCUT2D eigenvalue weighted by Gasteiger charge is -2.49. The summed E-state index contributed by atoms with van der Waals surface area (Å²) < 4.78 is 63.1. The predicted octanol–water partition coefficient (Wildman–Crippen LogP) is 6.29. The van der Waals surface area contributed by atoms with Gasteiger partial charge in [-0.15, -0.1) is 6.58 Å². The van der Waals surface area contributed by atoms with Gasteiger partial charge in [-0.25, -0.2) is 19.2 Å². The monoisotopic (exact) mass is 943 g/mol. The van der Waals surface area contributed by atoms with Crippen molar-refractivity contribution < 1.29 is 71.3 Å². The van der Waals surface area contributed by atoms with Crippen LogP contribution in [0.5, 0.6) is 0 Å². The van der Waals surface area contributed by atoms with Crippen molar-refractivity contribution in [2.45, 2.75) is 74.9 Å². The quantitative estimate of drug-likeness (QED) is 0.0520. The third kappa shape index (κ3) is 13.4. The zero-order valence-electron chi connectivity index (χ0n) is 37.9. The fourth-order valence-electron chi connectivity index (χ4n) is 7.83. The van der Waals surface area contributed by atoms with Gasteiger partial charge in [0.05, 0.1) is 42.1 Å². The molecule has 2 saturated heterocycles. The summed E-state index contributed by atoms with van der Waals surface area (Å²) >= 11 is 0. The molecule has 2 fully saturated rings. The summed E-state index contributed by atoms with van der Waals surface area (Å²) in [6.07, 6.45) is -11.4. The predicted molar refractivity (Wildman–Crippen MR) is 247 cm³/mol. The van der Waals surface area contributed by atoms with Crippen LogP contribution in [0.3, 0.4) is 0 Å². The van der Waals surface area contributed by atoms with E-state index in [1.165, 1.54) is 56.5 Å². The summed E-state index contributed by atoms with van der Waals surface area (Å²) in [6.45, 7) is 4.52. The Balaban J connectivity index is 1.35.